The molecule has 0 heterocycles. The van der Waals surface area contributed by atoms with E-state index >= 15 is 0 Å². The Morgan fingerprint density at radius 3 is 2.06 bits per heavy atom. The molecular weight excluding hydrogens is 220 g/mol. The number of hydrogen-bond donors (Lipinski definition) is 1. The van der Waals surface area contributed by atoms with Gasteiger partial charge < -0.3 is 9.68 Å². The van der Waals surface area contributed by atoms with Crippen molar-refractivity contribution in [2.45, 2.75) is 26.1 Å². The predicted octanol–water partition coefficient (Wildman–Crippen LogP) is 1.82. The van der Waals surface area contributed by atoms with E-state index in [1.54, 1.807) is 13.8 Å². The van der Waals surface area contributed by atoms with Gasteiger partial charge in [0.25, 0.3) is 0 Å². The van der Waals surface area contributed by atoms with E-state index in [1.807, 2.05) is 0 Å². The molecule has 6 heteroatoms. The molecular formula is C10H12BF3O2. The van der Waals surface area contributed by atoms with Gasteiger partial charge in [0.2, 0.25) is 0 Å². The topological polar surface area (TPSA) is 29.5 Å². The van der Waals surface area contributed by atoms with E-state index in [9.17, 15) is 18.2 Å². The molecule has 1 aromatic rings. The highest BCUT2D eigenvalue weighted by Crippen LogP contribution is 2.28. The Morgan fingerprint density at radius 1 is 1.19 bits per heavy atom. The van der Waals surface area contributed by atoms with Gasteiger partial charge in [-0.05, 0) is 19.3 Å². The van der Waals surface area contributed by atoms with Crippen LogP contribution in [0.15, 0.2) is 24.3 Å². The van der Waals surface area contributed by atoms with Crippen LogP contribution in [0.1, 0.15) is 19.4 Å². The number of benzene rings is 1. The summed E-state index contributed by atoms with van der Waals surface area (Å²) in [7, 11) is -1.19. The third-order valence-corrected chi connectivity index (χ3v) is 1.92. The fourth-order valence-corrected chi connectivity index (χ4v) is 1.17. The summed E-state index contributed by atoms with van der Waals surface area (Å²) in [4.78, 5) is 0. The summed E-state index contributed by atoms with van der Waals surface area (Å²) < 4.78 is 41.7. The minimum Gasteiger partial charge on any atom is -0.423 e. The lowest BCUT2D eigenvalue weighted by Gasteiger charge is -2.12. The number of alkyl halides is 3. The van der Waals surface area contributed by atoms with Gasteiger partial charge in [-0.15, -0.1) is 0 Å². The first kappa shape index (κ1) is 13.1. The van der Waals surface area contributed by atoms with Crippen molar-refractivity contribution in [2.24, 2.45) is 0 Å². The third kappa shape index (κ3) is 3.54. The number of halogens is 3. The standard InChI is InChI=1S/C10H12BF3O2/c1-7(2)16-11(15)9-5-3-8(4-6-9)10(12,13)14/h3-7,15H,1-2H3. The summed E-state index contributed by atoms with van der Waals surface area (Å²) in [5.41, 5.74) is -0.435. The molecule has 0 fully saturated rings. The smallest absolute Gasteiger partial charge is 0.423 e. The summed E-state index contributed by atoms with van der Waals surface area (Å²) in [5.74, 6) is 0. The molecule has 0 spiro atoms. The lowest BCUT2D eigenvalue weighted by Crippen LogP contribution is -2.35. The Hall–Kier alpha value is -1.01. The molecule has 0 saturated heterocycles. The second-order valence-corrected chi connectivity index (χ2v) is 3.66. The van der Waals surface area contributed by atoms with Crippen molar-refractivity contribution in [3.05, 3.63) is 29.8 Å². The maximum Gasteiger partial charge on any atom is 0.491 e. The zero-order chi connectivity index (χ0) is 12.3. The van der Waals surface area contributed by atoms with Gasteiger partial charge in [-0.2, -0.15) is 13.2 Å². The normalized spacial score (nSPS) is 11.9. The molecule has 0 aliphatic heterocycles. The molecule has 0 aromatic heterocycles. The zero-order valence-corrected chi connectivity index (χ0v) is 8.95. The van der Waals surface area contributed by atoms with Crippen molar-refractivity contribution in [1.82, 2.24) is 0 Å². The van der Waals surface area contributed by atoms with Crippen molar-refractivity contribution in [3.63, 3.8) is 0 Å². The van der Waals surface area contributed by atoms with Gasteiger partial charge in [-0.1, -0.05) is 24.3 Å². The molecule has 0 atom stereocenters. The fourth-order valence-electron chi connectivity index (χ4n) is 1.17. The summed E-state index contributed by atoms with van der Waals surface area (Å²) >= 11 is 0. The molecule has 16 heavy (non-hydrogen) atoms. The van der Waals surface area contributed by atoms with Crippen LogP contribution in [-0.2, 0) is 10.8 Å². The maximum atomic E-state index is 12.2. The van der Waals surface area contributed by atoms with Crippen molar-refractivity contribution < 1.29 is 22.8 Å². The van der Waals surface area contributed by atoms with Crippen LogP contribution < -0.4 is 5.46 Å². The average Bonchev–Trinajstić information content (AvgIpc) is 2.15. The van der Waals surface area contributed by atoms with Crippen molar-refractivity contribution in [3.8, 4) is 0 Å². The van der Waals surface area contributed by atoms with Crippen LogP contribution >= 0.6 is 0 Å². The second kappa shape index (κ2) is 4.89. The molecule has 1 aromatic carbocycles. The van der Waals surface area contributed by atoms with Crippen LogP contribution in [0.5, 0.6) is 0 Å². The van der Waals surface area contributed by atoms with Gasteiger partial charge in [0.05, 0.1) is 5.56 Å². The predicted molar refractivity (Wildman–Crippen MR) is 55.3 cm³/mol. The lowest BCUT2D eigenvalue weighted by molar-refractivity contribution is -0.137. The van der Waals surface area contributed by atoms with E-state index < -0.39 is 18.9 Å². The summed E-state index contributed by atoms with van der Waals surface area (Å²) in [6.45, 7) is 3.46. The van der Waals surface area contributed by atoms with Crippen LogP contribution in [0, 0.1) is 0 Å². The highest BCUT2D eigenvalue weighted by atomic mass is 19.4. The molecule has 0 bridgehead atoms. The molecule has 0 unspecified atom stereocenters. The largest absolute Gasteiger partial charge is 0.491 e. The minimum atomic E-state index is -4.36. The molecule has 0 aliphatic rings. The monoisotopic (exact) mass is 232 g/mol. The Balaban J connectivity index is 2.79. The van der Waals surface area contributed by atoms with E-state index in [1.165, 1.54) is 12.1 Å². The van der Waals surface area contributed by atoms with E-state index in [-0.39, 0.29) is 6.10 Å². The van der Waals surface area contributed by atoms with E-state index in [0.717, 1.165) is 12.1 Å². The Morgan fingerprint density at radius 2 is 1.69 bits per heavy atom. The van der Waals surface area contributed by atoms with Crippen LogP contribution in [0.2, 0.25) is 0 Å². The second-order valence-electron chi connectivity index (χ2n) is 3.66. The SMILES string of the molecule is CC(C)OB(O)c1ccc(C(F)(F)F)cc1. The molecule has 1 rings (SSSR count). The maximum absolute atomic E-state index is 12.2. The summed E-state index contributed by atoms with van der Waals surface area (Å²) in [6, 6.07) is 4.25. The lowest BCUT2D eigenvalue weighted by atomic mass is 9.79. The molecule has 0 radical (unpaired) electrons. The highest BCUT2D eigenvalue weighted by Gasteiger charge is 2.30. The van der Waals surface area contributed by atoms with Crippen LogP contribution in [0.4, 0.5) is 13.2 Å². The Kier molecular flexibility index (Phi) is 3.99. The highest BCUT2D eigenvalue weighted by molar-refractivity contribution is 6.59. The van der Waals surface area contributed by atoms with E-state index in [2.05, 4.69) is 0 Å². The molecule has 0 amide bonds. The number of rotatable bonds is 3. The third-order valence-electron chi connectivity index (χ3n) is 1.92. The Bertz CT molecular complexity index is 335. The zero-order valence-electron chi connectivity index (χ0n) is 8.95. The van der Waals surface area contributed by atoms with Gasteiger partial charge in [-0.25, -0.2) is 0 Å². The van der Waals surface area contributed by atoms with Crippen molar-refractivity contribution in [2.75, 3.05) is 0 Å². The van der Waals surface area contributed by atoms with Gasteiger partial charge in [-0.3, -0.25) is 0 Å². The van der Waals surface area contributed by atoms with E-state index in [4.69, 9.17) is 4.65 Å². The van der Waals surface area contributed by atoms with Crippen LogP contribution in [-0.4, -0.2) is 18.2 Å². The van der Waals surface area contributed by atoms with Crippen molar-refractivity contribution >= 4 is 12.6 Å². The molecule has 2 nitrogen and oxygen atoms in total. The minimum absolute atomic E-state index is 0.197. The molecule has 1 N–H and O–H groups in total. The first-order valence-corrected chi connectivity index (χ1v) is 4.81. The first-order valence-electron chi connectivity index (χ1n) is 4.81. The van der Waals surface area contributed by atoms with Gasteiger partial charge in [0.1, 0.15) is 0 Å². The summed E-state index contributed by atoms with van der Waals surface area (Å²) in [6.07, 6.45) is -4.56. The molecule has 0 saturated carbocycles. The summed E-state index contributed by atoms with van der Waals surface area (Å²) in [5, 5.41) is 9.48. The van der Waals surface area contributed by atoms with Gasteiger partial charge >= 0.3 is 13.3 Å². The quantitative estimate of drug-likeness (QED) is 0.805. The van der Waals surface area contributed by atoms with Crippen LogP contribution in [0.25, 0.3) is 0 Å². The first-order chi connectivity index (χ1) is 7.30. The molecule has 88 valence electrons. The van der Waals surface area contributed by atoms with Gasteiger partial charge in [0.15, 0.2) is 0 Å². The fraction of sp³-hybridized carbons (Fsp3) is 0.400. The van der Waals surface area contributed by atoms with E-state index in [0.29, 0.717) is 5.46 Å². The molecule has 0 aliphatic carbocycles. The van der Waals surface area contributed by atoms with Crippen molar-refractivity contribution in [1.29, 1.82) is 0 Å². The Labute approximate surface area is 92.2 Å². The average molecular weight is 232 g/mol. The van der Waals surface area contributed by atoms with Gasteiger partial charge in [0, 0.05) is 6.10 Å². The van der Waals surface area contributed by atoms with Crippen LogP contribution in [0.3, 0.4) is 0 Å². The number of hydrogen-bond acceptors (Lipinski definition) is 2.